The van der Waals surface area contributed by atoms with Crippen LogP contribution in [-0.4, -0.2) is 6.21 Å². The fourth-order valence-corrected chi connectivity index (χ4v) is 3.78. The zero-order chi connectivity index (χ0) is 16.2. The van der Waals surface area contributed by atoms with Crippen LogP contribution in [0, 0.1) is 3.57 Å². The largest absolute Gasteiger partial charge is 0.447 e. The van der Waals surface area contributed by atoms with E-state index in [0.29, 0.717) is 5.76 Å². The van der Waals surface area contributed by atoms with Gasteiger partial charge in [0.2, 0.25) is 0 Å². The van der Waals surface area contributed by atoms with Gasteiger partial charge < -0.3 is 4.42 Å². The lowest BCUT2D eigenvalue weighted by Crippen LogP contribution is -1.76. The lowest BCUT2D eigenvalue weighted by Gasteiger charge is -1.98. The molecule has 2 nitrogen and oxygen atoms in total. The Balaban J connectivity index is 1.78. The average Bonchev–Trinajstić information content (AvgIpc) is 2.89. The molecule has 0 N–H and O–H groups in total. The van der Waals surface area contributed by atoms with E-state index in [0.717, 1.165) is 28.7 Å². The molecule has 0 radical (unpaired) electrons. The second-order valence-electron chi connectivity index (χ2n) is 4.55. The predicted molar refractivity (Wildman–Crippen MR) is 108 cm³/mol. The van der Waals surface area contributed by atoms with Crippen LogP contribution < -0.4 is 0 Å². The molecule has 1 aromatic heterocycles. The normalized spacial score (nSPS) is 11.3. The number of hydrogen-bond donors (Lipinski definition) is 0. The molecule has 0 aliphatic rings. The lowest BCUT2D eigenvalue weighted by molar-refractivity contribution is 0.466. The molecule has 23 heavy (non-hydrogen) atoms. The minimum absolute atomic E-state index is 0.702. The molecule has 116 valence electrons. The fraction of sp³-hybridized carbons (Fsp3) is 0. The smallest absolute Gasteiger partial charge is 0.179 e. The van der Waals surface area contributed by atoms with E-state index < -0.39 is 0 Å². The minimum Gasteiger partial charge on any atom is -0.447 e. The van der Waals surface area contributed by atoms with E-state index >= 15 is 0 Å². The number of furan rings is 1. The van der Waals surface area contributed by atoms with Crippen molar-refractivity contribution in [2.24, 2.45) is 4.99 Å². The highest BCUT2D eigenvalue weighted by Crippen LogP contribution is 2.36. The molecule has 3 aromatic rings. The summed E-state index contributed by atoms with van der Waals surface area (Å²) in [5.74, 6) is 0.702. The standard InChI is InChI=1S/C17H10BrClINOS/c18-14-9-12(10-21-16-4-2-1-3-15(16)20)22-17(14)23-13-7-5-11(19)6-8-13/h1-10H. The second kappa shape index (κ2) is 7.88. The molecule has 0 saturated carbocycles. The van der Waals surface area contributed by atoms with Crippen LogP contribution in [0.15, 0.2) is 78.5 Å². The first-order valence-corrected chi connectivity index (χ1v) is 9.70. The third kappa shape index (κ3) is 4.62. The highest BCUT2D eigenvalue weighted by Gasteiger charge is 2.10. The quantitative estimate of drug-likeness (QED) is 0.270. The predicted octanol–water partition coefficient (Wildman–Crippen LogP) is 7.20. The molecule has 0 aliphatic heterocycles. The number of para-hydroxylation sites is 1. The molecule has 3 rings (SSSR count). The number of nitrogens with zero attached hydrogens (tertiary/aromatic N) is 1. The Hall–Kier alpha value is -0.760. The van der Waals surface area contributed by atoms with Gasteiger partial charge in [0.15, 0.2) is 5.09 Å². The maximum absolute atomic E-state index is 5.90. The van der Waals surface area contributed by atoms with Crippen LogP contribution >= 0.6 is 61.9 Å². The maximum Gasteiger partial charge on any atom is 0.179 e. The van der Waals surface area contributed by atoms with Gasteiger partial charge in [-0.2, -0.15) is 0 Å². The zero-order valence-electron chi connectivity index (χ0n) is 11.7. The first-order valence-electron chi connectivity index (χ1n) is 6.63. The van der Waals surface area contributed by atoms with Gasteiger partial charge >= 0.3 is 0 Å². The van der Waals surface area contributed by atoms with Crippen molar-refractivity contribution >= 4 is 73.8 Å². The number of benzene rings is 2. The Kier molecular flexibility index (Phi) is 5.85. The third-order valence-corrected chi connectivity index (χ3v) is 5.89. The Morgan fingerprint density at radius 1 is 1.13 bits per heavy atom. The Morgan fingerprint density at radius 2 is 1.87 bits per heavy atom. The number of aliphatic imine (C=N–C) groups is 1. The first kappa shape index (κ1) is 17.1. The number of hydrogen-bond acceptors (Lipinski definition) is 3. The van der Waals surface area contributed by atoms with Crippen molar-refractivity contribution < 1.29 is 4.42 Å². The summed E-state index contributed by atoms with van der Waals surface area (Å²) in [7, 11) is 0. The third-order valence-electron chi connectivity index (χ3n) is 2.88. The molecule has 0 aliphatic carbocycles. The fourth-order valence-electron chi connectivity index (χ4n) is 1.80. The highest BCUT2D eigenvalue weighted by molar-refractivity contribution is 14.1. The van der Waals surface area contributed by atoms with E-state index in [1.165, 1.54) is 11.8 Å². The molecule has 1 heterocycles. The van der Waals surface area contributed by atoms with Gasteiger partial charge in [-0.1, -0.05) is 35.5 Å². The summed E-state index contributed by atoms with van der Waals surface area (Å²) < 4.78 is 7.85. The van der Waals surface area contributed by atoms with Crippen molar-refractivity contribution in [3.63, 3.8) is 0 Å². The highest BCUT2D eigenvalue weighted by atomic mass is 127. The van der Waals surface area contributed by atoms with Gasteiger partial charge in [0.1, 0.15) is 5.76 Å². The van der Waals surface area contributed by atoms with E-state index in [4.69, 9.17) is 16.0 Å². The van der Waals surface area contributed by atoms with E-state index in [1.54, 1.807) is 6.21 Å². The molecule has 0 atom stereocenters. The molecule has 2 aromatic carbocycles. The van der Waals surface area contributed by atoms with Gasteiger partial charge in [-0.3, -0.25) is 4.99 Å². The molecule has 0 saturated heterocycles. The Morgan fingerprint density at radius 3 is 2.61 bits per heavy atom. The van der Waals surface area contributed by atoms with Crippen molar-refractivity contribution in [3.8, 4) is 0 Å². The van der Waals surface area contributed by atoms with Crippen molar-refractivity contribution in [3.05, 3.63) is 73.4 Å². The van der Waals surface area contributed by atoms with Gasteiger partial charge in [0.25, 0.3) is 0 Å². The minimum atomic E-state index is 0.702. The van der Waals surface area contributed by atoms with Crippen molar-refractivity contribution in [2.45, 2.75) is 9.99 Å². The number of halogens is 3. The van der Waals surface area contributed by atoms with Crippen molar-refractivity contribution in [2.75, 3.05) is 0 Å². The van der Waals surface area contributed by atoms with E-state index in [-0.39, 0.29) is 0 Å². The van der Waals surface area contributed by atoms with Gasteiger partial charge in [-0.05, 0) is 74.9 Å². The molecule has 6 heteroatoms. The van der Waals surface area contributed by atoms with Gasteiger partial charge in [-0.15, -0.1) is 0 Å². The first-order chi connectivity index (χ1) is 11.1. The van der Waals surface area contributed by atoms with Crippen LogP contribution in [0.2, 0.25) is 5.02 Å². The van der Waals surface area contributed by atoms with E-state index in [1.807, 2.05) is 54.6 Å². The van der Waals surface area contributed by atoms with E-state index in [9.17, 15) is 0 Å². The second-order valence-corrected chi connectivity index (χ2v) is 8.05. The van der Waals surface area contributed by atoms with Gasteiger partial charge in [-0.25, -0.2) is 0 Å². The summed E-state index contributed by atoms with van der Waals surface area (Å²) in [5, 5.41) is 1.51. The SMILES string of the molecule is Clc1ccc(Sc2oc(C=Nc3ccccc3I)cc2Br)cc1. The van der Waals surface area contributed by atoms with Crippen LogP contribution in [0.3, 0.4) is 0 Å². The molecular weight excluding hydrogens is 509 g/mol. The van der Waals surface area contributed by atoms with Crippen LogP contribution in [0.5, 0.6) is 0 Å². The summed E-state index contributed by atoms with van der Waals surface area (Å²) in [6.45, 7) is 0. The van der Waals surface area contributed by atoms with Crippen molar-refractivity contribution in [1.29, 1.82) is 0 Å². The molecular formula is C17H10BrClINOS. The van der Waals surface area contributed by atoms with E-state index in [2.05, 4.69) is 43.5 Å². The van der Waals surface area contributed by atoms with Crippen LogP contribution in [0.25, 0.3) is 0 Å². The van der Waals surface area contributed by atoms with Crippen molar-refractivity contribution in [1.82, 2.24) is 0 Å². The Bertz CT molecular complexity index is 848. The van der Waals surface area contributed by atoms with Gasteiger partial charge in [0.05, 0.1) is 16.4 Å². The maximum atomic E-state index is 5.90. The monoisotopic (exact) mass is 517 g/mol. The molecule has 0 unspecified atom stereocenters. The summed E-state index contributed by atoms with van der Waals surface area (Å²) in [4.78, 5) is 5.54. The summed E-state index contributed by atoms with van der Waals surface area (Å²) in [5.41, 5.74) is 0.924. The van der Waals surface area contributed by atoms with Gasteiger partial charge in [0, 0.05) is 19.6 Å². The van der Waals surface area contributed by atoms with Crippen LogP contribution in [0.1, 0.15) is 5.76 Å². The van der Waals surface area contributed by atoms with Crippen LogP contribution in [0.4, 0.5) is 5.69 Å². The van der Waals surface area contributed by atoms with Crippen LogP contribution in [-0.2, 0) is 0 Å². The average molecular weight is 519 g/mol. The molecule has 0 fully saturated rings. The topological polar surface area (TPSA) is 25.5 Å². The molecule has 0 amide bonds. The summed E-state index contributed by atoms with van der Waals surface area (Å²) in [6, 6.07) is 17.5. The molecule has 0 bridgehead atoms. The summed E-state index contributed by atoms with van der Waals surface area (Å²) in [6.07, 6.45) is 1.73. The zero-order valence-corrected chi connectivity index (χ0v) is 17.0. The summed E-state index contributed by atoms with van der Waals surface area (Å²) >= 11 is 13.2. The Labute approximate surface area is 165 Å². The number of rotatable bonds is 4. The molecule has 0 spiro atoms. The lowest BCUT2D eigenvalue weighted by atomic mass is 10.3.